The molecule has 0 saturated heterocycles. The van der Waals surface area contributed by atoms with E-state index < -0.39 is 0 Å². The van der Waals surface area contributed by atoms with Gasteiger partial charge in [0.05, 0.1) is 0 Å². The van der Waals surface area contributed by atoms with Gasteiger partial charge in [0.25, 0.3) is 0 Å². The molecule has 0 bridgehead atoms. The SMILES string of the molecule is CCNC(CN(C)CC(C)(C)C)c1ccc2c(c1)OCO2. The molecule has 0 fully saturated rings. The third-order valence-electron chi connectivity index (χ3n) is 3.49. The number of ether oxygens (including phenoxy) is 2. The van der Waals surface area contributed by atoms with E-state index in [1.54, 1.807) is 0 Å². The highest BCUT2D eigenvalue weighted by atomic mass is 16.7. The molecule has 1 aromatic carbocycles. The Bertz CT molecular complexity index is 468. The van der Waals surface area contributed by atoms with Crippen molar-refractivity contribution in [1.82, 2.24) is 10.2 Å². The van der Waals surface area contributed by atoms with Crippen LogP contribution >= 0.6 is 0 Å². The smallest absolute Gasteiger partial charge is 0.231 e. The van der Waals surface area contributed by atoms with Crippen LogP contribution in [0.5, 0.6) is 11.5 Å². The van der Waals surface area contributed by atoms with Gasteiger partial charge in [-0.3, -0.25) is 0 Å². The molecule has 0 radical (unpaired) electrons. The number of nitrogens with one attached hydrogen (secondary N) is 1. The van der Waals surface area contributed by atoms with Crippen molar-refractivity contribution in [3.05, 3.63) is 23.8 Å². The van der Waals surface area contributed by atoms with Gasteiger partial charge in [0.15, 0.2) is 11.5 Å². The number of nitrogens with zero attached hydrogens (tertiary/aromatic N) is 1. The fourth-order valence-corrected chi connectivity index (χ4v) is 2.85. The second kappa shape index (κ2) is 6.67. The summed E-state index contributed by atoms with van der Waals surface area (Å²) in [5, 5.41) is 3.57. The highest BCUT2D eigenvalue weighted by Crippen LogP contribution is 2.34. The predicted molar refractivity (Wildman–Crippen MR) is 85.9 cm³/mol. The Hall–Kier alpha value is -1.26. The number of hydrogen-bond donors (Lipinski definition) is 1. The first-order chi connectivity index (χ1) is 9.89. The lowest BCUT2D eigenvalue weighted by Crippen LogP contribution is -2.37. The first-order valence-corrected chi connectivity index (χ1v) is 7.70. The largest absolute Gasteiger partial charge is 0.454 e. The maximum Gasteiger partial charge on any atom is 0.231 e. The van der Waals surface area contributed by atoms with E-state index in [2.05, 4.69) is 57.1 Å². The molecule has 1 atom stereocenters. The number of hydrogen-bond acceptors (Lipinski definition) is 4. The van der Waals surface area contributed by atoms with E-state index in [0.29, 0.717) is 18.2 Å². The molecule has 1 heterocycles. The summed E-state index contributed by atoms with van der Waals surface area (Å²) in [5.74, 6) is 1.70. The zero-order valence-electron chi connectivity index (χ0n) is 13.9. The molecule has 0 amide bonds. The average molecular weight is 292 g/mol. The van der Waals surface area contributed by atoms with Crippen molar-refractivity contribution in [2.75, 3.05) is 33.5 Å². The van der Waals surface area contributed by atoms with Crippen molar-refractivity contribution in [2.24, 2.45) is 5.41 Å². The molecule has 0 saturated carbocycles. The lowest BCUT2D eigenvalue weighted by molar-refractivity contribution is 0.174. The molecule has 2 rings (SSSR count). The highest BCUT2D eigenvalue weighted by Gasteiger charge is 2.20. The van der Waals surface area contributed by atoms with Crippen molar-refractivity contribution in [1.29, 1.82) is 0 Å². The minimum atomic E-state index is 0.303. The monoisotopic (exact) mass is 292 g/mol. The molecule has 0 aliphatic carbocycles. The van der Waals surface area contributed by atoms with Gasteiger partial charge >= 0.3 is 0 Å². The Kier molecular flexibility index (Phi) is 5.12. The Morgan fingerprint density at radius 3 is 2.62 bits per heavy atom. The first kappa shape index (κ1) is 16.1. The third-order valence-corrected chi connectivity index (χ3v) is 3.49. The van der Waals surface area contributed by atoms with E-state index in [1.165, 1.54) is 5.56 Å². The summed E-state index contributed by atoms with van der Waals surface area (Å²) in [5.41, 5.74) is 1.56. The molecule has 1 aromatic rings. The molecule has 0 spiro atoms. The number of rotatable bonds is 6. The highest BCUT2D eigenvalue weighted by molar-refractivity contribution is 5.45. The third kappa shape index (κ3) is 4.61. The van der Waals surface area contributed by atoms with Gasteiger partial charge in [-0.25, -0.2) is 0 Å². The van der Waals surface area contributed by atoms with E-state index in [9.17, 15) is 0 Å². The Morgan fingerprint density at radius 1 is 1.24 bits per heavy atom. The van der Waals surface area contributed by atoms with Crippen molar-refractivity contribution < 1.29 is 9.47 Å². The van der Waals surface area contributed by atoms with E-state index in [-0.39, 0.29) is 0 Å². The fraction of sp³-hybridized carbons (Fsp3) is 0.647. The number of likely N-dealkylation sites (N-methyl/N-ethyl adjacent to an activating group) is 2. The quantitative estimate of drug-likeness (QED) is 0.874. The molecular formula is C17H28N2O2. The molecule has 21 heavy (non-hydrogen) atoms. The zero-order valence-corrected chi connectivity index (χ0v) is 13.9. The van der Waals surface area contributed by atoms with Crippen LogP contribution < -0.4 is 14.8 Å². The molecule has 4 heteroatoms. The normalized spacial score (nSPS) is 15.5. The molecule has 1 aliphatic rings. The summed E-state index contributed by atoms with van der Waals surface area (Å²) < 4.78 is 10.9. The summed E-state index contributed by atoms with van der Waals surface area (Å²) in [6.45, 7) is 12.3. The van der Waals surface area contributed by atoms with Crippen LogP contribution in [-0.4, -0.2) is 38.4 Å². The second-order valence-corrected chi connectivity index (χ2v) is 6.98. The van der Waals surface area contributed by atoms with Gasteiger partial charge in [-0.15, -0.1) is 0 Å². The molecule has 0 aromatic heterocycles. The maximum absolute atomic E-state index is 5.49. The predicted octanol–water partition coefficient (Wildman–Crippen LogP) is 3.04. The summed E-state index contributed by atoms with van der Waals surface area (Å²) in [4.78, 5) is 2.39. The topological polar surface area (TPSA) is 33.7 Å². The molecule has 1 N–H and O–H groups in total. The van der Waals surface area contributed by atoms with Gasteiger partial charge in [0, 0.05) is 19.1 Å². The van der Waals surface area contributed by atoms with Gasteiger partial charge in [-0.05, 0) is 36.7 Å². The van der Waals surface area contributed by atoms with E-state index >= 15 is 0 Å². The van der Waals surface area contributed by atoms with Crippen molar-refractivity contribution in [3.8, 4) is 11.5 Å². The summed E-state index contributed by atoms with van der Waals surface area (Å²) in [6.07, 6.45) is 0. The minimum Gasteiger partial charge on any atom is -0.454 e. The molecule has 4 nitrogen and oxygen atoms in total. The maximum atomic E-state index is 5.49. The molecule has 1 aliphatic heterocycles. The summed E-state index contributed by atoms with van der Waals surface area (Å²) >= 11 is 0. The Morgan fingerprint density at radius 2 is 1.95 bits per heavy atom. The van der Waals surface area contributed by atoms with Gasteiger partial charge in [-0.2, -0.15) is 0 Å². The van der Waals surface area contributed by atoms with Crippen LogP contribution in [-0.2, 0) is 0 Å². The standard InChI is InChI=1S/C17H28N2O2/c1-6-18-14(10-19(5)11-17(2,3)4)13-7-8-15-16(9-13)21-12-20-15/h7-9,14,18H,6,10-12H2,1-5H3. The molecular weight excluding hydrogens is 264 g/mol. The Labute approximate surface area is 128 Å². The van der Waals surface area contributed by atoms with Crippen LogP contribution in [0.25, 0.3) is 0 Å². The van der Waals surface area contributed by atoms with E-state index in [4.69, 9.17) is 9.47 Å². The van der Waals surface area contributed by atoms with Gasteiger partial charge < -0.3 is 19.7 Å². The lowest BCUT2D eigenvalue weighted by Gasteiger charge is -2.30. The van der Waals surface area contributed by atoms with Gasteiger partial charge in [0.2, 0.25) is 6.79 Å². The van der Waals surface area contributed by atoms with Gasteiger partial charge in [-0.1, -0.05) is 33.8 Å². The first-order valence-electron chi connectivity index (χ1n) is 7.70. The van der Waals surface area contributed by atoms with Crippen LogP contribution in [0, 0.1) is 5.41 Å². The number of fused-ring (bicyclic) bond motifs is 1. The van der Waals surface area contributed by atoms with E-state index in [0.717, 1.165) is 31.1 Å². The van der Waals surface area contributed by atoms with Crippen molar-refractivity contribution in [3.63, 3.8) is 0 Å². The summed E-state index contributed by atoms with van der Waals surface area (Å²) in [6, 6.07) is 6.54. The minimum absolute atomic E-state index is 0.303. The average Bonchev–Trinajstić information content (AvgIpc) is 2.83. The van der Waals surface area contributed by atoms with E-state index in [1.807, 2.05) is 6.07 Å². The van der Waals surface area contributed by atoms with Crippen LogP contribution in [0.15, 0.2) is 18.2 Å². The molecule has 118 valence electrons. The fourth-order valence-electron chi connectivity index (χ4n) is 2.85. The van der Waals surface area contributed by atoms with Crippen LogP contribution in [0.2, 0.25) is 0 Å². The summed E-state index contributed by atoms with van der Waals surface area (Å²) in [7, 11) is 2.18. The molecule has 1 unspecified atom stereocenters. The van der Waals surface area contributed by atoms with Crippen LogP contribution in [0.4, 0.5) is 0 Å². The van der Waals surface area contributed by atoms with Gasteiger partial charge in [0.1, 0.15) is 0 Å². The van der Waals surface area contributed by atoms with Crippen LogP contribution in [0.3, 0.4) is 0 Å². The lowest BCUT2D eigenvalue weighted by atomic mass is 9.95. The second-order valence-electron chi connectivity index (χ2n) is 6.98. The van der Waals surface area contributed by atoms with Crippen molar-refractivity contribution >= 4 is 0 Å². The Balaban J connectivity index is 2.08. The zero-order chi connectivity index (χ0) is 15.5. The van der Waals surface area contributed by atoms with Crippen molar-refractivity contribution in [2.45, 2.75) is 33.7 Å². The number of benzene rings is 1. The van der Waals surface area contributed by atoms with Crippen LogP contribution in [0.1, 0.15) is 39.3 Å².